The van der Waals surface area contributed by atoms with Crippen LogP contribution in [0.5, 0.6) is 0 Å². The smallest absolute Gasteiger partial charge is 0.267 e. The number of carbonyl (C=O) groups is 1. The highest BCUT2D eigenvalue weighted by atomic mass is 16.1. The van der Waals surface area contributed by atoms with Gasteiger partial charge in [-0.25, -0.2) is 0 Å². The van der Waals surface area contributed by atoms with Crippen LogP contribution in [0.2, 0.25) is 0 Å². The molecule has 3 N–H and O–H groups in total. The molecule has 2 heterocycles. The molecule has 0 aromatic carbocycles. The third-order valence-corrected chi connectivity index (χ3v) is 1.92. The van der Waals surface area contributed by atoms with Gasteiger partial charge in [0.2, 0.25) is 0 Å². The molecule has 0 bridgehead atoms. The van der Waals surface area contributed by atoms with E-state index in [0.29, 0.717) is 5.69 Å². The van der Waals surface area contributed by atoms with Crippen LogP contribution in [-0.2, 0) is 0 Å². The van der Waals surface area contributed by atoms with Gasteiger partial charge in [0.1, 0.15) is 5.69 Å². The molecule has 4 nitrogen and oxygen atoms in total. The molecule has 2 rings (SSSR count). The number of anilines is 1. The zero-order chi connectivity index (χ0) is 9.26. The van der Waals surface area contributed by atoms with Gasteiger partial charge in [-0.3, -0.25) is 9.78 Å². The molecule has 0 radical (unpaired) electrons. The van der Waals surface area contributed by atoms with Gasteiger partial charge >= 0.3 is 0 Å². The summed E-state index contributed by atoms with van der Waals surface area (Å²) in [5.74, 6) is -0.495. The van der Waals surface area contributed by atoms with Gasteiger partial charge in [0.05, 0.1) is 0 Å². The minimum atomic E-state index is -0.495. The zero-order valence-electron chi connectivity index (χ0n) is 6.95. The van der Waals surface area contributed by atoms with E-state index in [2.05, 4.69) is 10.3 Å². The van der Waals surface area contributed by atoms with Crippen molar-refractivity contribution in [2.24, 2.45) is 5.73 Å². The number of amides is 1. The quantitative estimate of drug-likeness (QED) is 0.657. The van der Waals surface area contributed by atoms with Crippen molar-refractivity contribution < 1.29 is 4.79 Å². The SMILES string of the molecule is NC(=O)c1nccc2c1C=CCN2. The maximum Gasteiger partial charge on any atom is 0.267 e. The largest absolute Gasteiger partial charge is 0.381 e. The summed E-state index contributed by atoms with van der Waals surface area (Å²) in [6.07, 6.45) is 5.36. The van der Waals surface area contributed by atoms with Crippen LogP contribution in [-0.4, -0.2) is 17.4 Å². The first-order chi connectivity index (χ1) is 6.29. The van der Waals surface area contributed by atoms with Gasteiger partial charge in [0.15, 0.2) is 0 Å². The fourth-order valence-electron chi connectivity index (χ4n) is 1.34. The number of rotatable bonds is 1. The number of fused-ring (bicyclic) bond motifs is 1. The Morgan fingerprint density at radius 2 is 2.46 bits per heavy atom. The van der Waals surface area contributed by atoms with Crippen LogP contribution in [0.1, 0.15) is 16.1 Å². The molecule has 1 aliphatic heterocycles. The van der Waals surface area contributed by atoms with Gasteiger partial charge in [-0.2, -0.15) is 0 Å². The van der Waals surface area contributed by atoms with Crippen LogP contribution in [0.4, 0.5) is 5.69 Å². The minimum Gasteiger partial charge on any atom is -0.381 e. The molecule has 0 saturated carbocycles. The lowest BCUT2D eigenvalue weighted by atomic mass is 10.1. The first-order valence-electron chi connectivity index (χ1n) is 3.98. The predicted molar refractivity (Wildman–Crippen MR) is 50.3 cm³/mol. The lowest BCUT2D eigenvalue weighted by Crippen LogP contribution is -2.17. The monoisotopic (exact) mass is 175 g/mol. The third-order valence-electron chi connectivity index (χ3n) is 1.92. The Morgan fingerprint density at radius 3 is 3.23 bits per heavy atom. The van der Waals surface area contributed by atoms with Gasteiger partial charge in [-0.05, 0) is 6.07 Å². The van der Waals surface area contributed by atoms with Crippen LogP contribution < -0.4 is 11.1 Å². The number of nitrogens with one attached hydrogen (secondary N) is 1. The molecular weight excluding hydrogens is 166 g/mol. The second-order valence-corrected chi connectivity index (χ2v) is 2.77. The van der Waals surface area contributed by atoms with Crippen molar-refractivity contribution in [1.29, 1.82) is 0 Å². The van der Waals surface area contributed by atoms with E-state index in [-0.39, 0.29) is 0 Å². The Morgan fingerprint density at radius 1 is 1.62 bits per heavy atom. The summed E-state index contributed by atoms with van der Waals surface area (Å²) < 4.78 is 0. The Balaban J connectivity index is 2.60. The maximum atomic E-state index is 11.0. The number of pyridine rings is 1. The van der Waals surface area contributed by atoms with E-state index in [9.17, 15) is 4.79 Å². The molecule has 4 heteroatoms. The van der Waals surface area contributed by atoms with E-state index in [1.807, 2.05) is 18.2 Å². The number of primary amides is 1. The maximum absolute atomic E-state index is 11.0. The van der Waals surface area contributed by atoms with Crippen molar-refractivity contribution in [2.75, 3.05) is 11.9 Å². The topological polar surface area (TPSA) is 68.0 Å². The first-order valence-corrected chi connectivity index (χ1v) is 3.98. The molecular formula is C9H9N3O. The molecule has 1 amide bonds. The summed E-state index contributed by atoms with van der Waals surface area (Å²) in [5, 5.41) is 3.12. The summed E-state index contributed by atoms with van der Waals surface area (Å²) in [4.78, 5) is 14.9. The fourth-order valence-corrected chi connectivity index (χ4v) is 1.34. The summed E-state index contributed by atoms with van der Waals surface area (Å²) in [5.41, 5.74) is 7.18. The standard InChI is InChI=1S/C9H9N3O/c10-9(13)8-6-2-1-4-11-7(6)3-5-12-8/h1-3,5,11H,4H2,(H2,10,13). The molecule has 0 spiro atoms. The molecule has 0 aliphatic carbocycles. The van der Waals surface area contributed by atoms with Gasteiger partial charge in [-0.15, -0.1) is 0 Å². The van der Waals surface area contributed by atoms with Crippen molar-refractivity contribution >= 4 is 17.7 Å². The first kappa shape index (κ1) is 7.79. The van der Waals surface area contributed by atoms with E-state index in [1.54, 1.807) is 6.20 Å². The Labute approximate surface area is 75.5 Å². The zero-order valence-corrected chi connectivity index (χ0v) is 6.95. The van der Waals surface area contributed by atoms with E-state index in [1.165, 1.54) is 0 Å². The molecule has 13 heavy (non-hydrogen) atoms. The normalized spacial score (nSPS) is 13.2. The summed E-state index contributed by atoms with van der Waals surface area (Å²) in [7, 11) is 0. The lowest BCUT2D eigenvalue weighted by Gasteiger charge is -2.13. The van der Waals surface area contributed by atoms with Gasteiger partial charge in [0, 0.05) is 24.0 Å². The van der Waals surface area contributed by atoms with Crippen LogP contribution in [0.3, 0.4) is 0 Å². The lowest BCUT2D eigenvalue weighted by molar-refractivity contribution is 0.0995. The highest BCUT2D eigenvalue weighted by Gasteiger charge is 2.12. The van der Waals surface area contributed by atoms with Crippen LogP contribution in [0.15, 0.2) is 18.3 Å². The fraction of sp³-hybridized carbons (Fsp3) is 0.111. The summed E-state index contributed by atoms with van der Waals surface area (Å²) in [6, 6.07) is 1.82. The van der Waals surface area contributed by atoms with E-state index in [4.69, 9.17) is 5.73 Å². The number of hydrogen-bond acceptors (Lipinski definition) is 3. The van der Waals surface area contributed by atoms with E-state index >= 15 is 0 Å². The number of nitrogens with two attached hydrogens (primary N) is 1. The summed E-state index contributed by atoms with van der Waals surface area (Å²) >= 11 is 0. The van der Waals surface area contributed by atoms with Crippen molar-refractivity contribution in [3.8, 4) is 0 Å². The number of carbonyl (C=O) groups excluding carboxylic acids is 1. The average Bonchev–Trinajstić information content (AvgIpc) is 2.17. The summed E-state index contributed by atoms with van der Waals surface area (Å²) in [6.45, 7) is 0.773. The van der Waals surface area contributed by atoms with Crippen LogP contribution in [0.25, 0.3) is 6.08 Å². The predicted octanol–water partition coefficient (Wildman–Crippen LogP) is 0.619. The van der Waals surface area contributed by atoms with Crippen molar-refractivity contribution in [1.82, 2.24) is 4.98 Å². The molecule has 1 aromatic rings. The molecule has 0 fully saturated rings. The second-order valence-electron chi connectivity index (χ2n) is 2.77. The molecule has 1 aliphatic rings. The number of nitrogens with zero attached hydrogens (tertiary/aromatic N) is 1. The Kier molecular flexibility index (Phi) is 1.73. The van der Waals surface area contributed by atoms with Crippen LogP contribution in [0, 0.1) is 0 Å². The Bertz CT molecular complexity index is 384. The van der Waals surface area contributed by atoms with E-state index in [0.717, 1.165) is 17.8 Å². The molecule has 0 unspecified atom stereocenters. The number of hydrogen-bond donors (Lipinski definition) is 2. The van der Waals surface area contributed by atoms with Gasteiger partial charge in [-0.1, -0.05) is 12.2 Å². The highest BCUT2D eigenvalue weighted by molar-refractivity contribution is 5.97. The van der Waals surface area contributed by atoms with E-state index < -0.39 is 5.91 Å². The third kappa shape index (κ3) is 1.26. The molecule has 1 aromatic heterocycles. The van der Waals surface area contributed by atoms with Gasteiger partial charge < -0.3 is 11.1 Å². The molecule has 0 saturated heterocycles. The average molecular weight is 175 g/mol. The van der Waals surface area contributed by atoms with Crippen LogP contribution >= 0.6 is 0 Å². The minimum absolute atomic E-state index is 0.320. The van der Waals surface area contributed by atoms with Crippen molar-refractivity contribution in [3.05, 3.63) is 29.6 Å². The number of aromatic nitrogens is 1. The van der Waals surface area contributed by atoms with Crippen molar-refractivity contribution in [2.45, 2.75) is 0 Å². The second kappa shape index (κ2) is 2.90. The van der Waals surface area contributed by atoms with Gasteiger partial charge in [0.25, 0.3) is 5.91 Å². The highest BCUT2D eigenvalue weighted by Crippen LogP contribution is 2.21. The Hall–Kier alpha value is -1.84. The van der Waals surface area contributed by atoms with Crippen molar-refractivity contribution in [3.63, 3.8) is 0 Å². The molecule has 0 atom stereocenters. The molecule has 66 valence electrons.